The van der Waals surface area contributed by atoms with Crippen molar-refractivity contribution in [1.82, 2.24) is 15.5 Å². The first-order chi connectivity index (χ1) is 11.3. The smallest absolute Gasteiger partial charge is 0.221 e. The summed E-state index contributed by atoms with van der Waals surface area (Å²) >= 11 is 11.3. The fraction of sp³-hybridized carbons (Fsp3) is 0.556. The van der Waals surface area contributed by atoms with Crippen LogP contribution in [0.2, 0.25) is 5.02 Å². The van der Waals surface area contributed by atoms with Gasteiger partial charge in [0.25, 0.3) is 0 Å². The summed E-state index contributed by atoms with van der Waals surface area (Å²) in [4.78, 5) is 14.2. The van der Waals surface area contributed by atoms with Gasteiger partial charge < -0.3 is 15.5 Å². The van der Waals surface area contributed by atoms with E-state index in [0.717, 1.165) is 28.5 Å². The van der Waals surface area contributed by atoms with Crippen molar-refractivity contribution in [2.45, 2.75) is 51.6 Å². The molecule has 1 atom stereocenters. The first-order valence-electron chi connectivity index (χ1n) is 8.37. The minimum Gasteiger partial charge on any atom is -0.358 e. The van der Waals surface area contributed by atoms with Crippen LogP contribution in [-0.2, 0) is 11.2 Å². The summed E-state index contributed by atoms with van der Waals surface area (Å²) in [5, 5.41) is 7.78. The van der Waals surface area contributed by atoms with Crippen molar-refractivity contribution < 1.29 is 4.79 Å². The van der Waals surface area contributed by atoms with Gasteiger partial charge in [0.05, 0.1) is 0 Å². The molecule has 2 rings (SSSR count). The normalized spacial score (nSPS) is 19.8. The summed E-state index contributed by atoms with van der Waals surface area (Å²) in [7, 11) is 0. The number of thiocarbonyl (C=S) groups is 1. The van der Waals surface area contributed by atoms with Crippen molar-refractivity contribution in [1.29, 1.82) is 0 Å². The zero-order valence-corrected chi connectivity index (χ0v) is 16.1. The van der Waals surface area contributed by atoms with E-state index >= 15 is 0 Å². The molecule has 1 aliphatic heterocycles. The van der Waals surface area contributed by atoms with Gasteiger partial charge in [-0.1, -0.05) is 23.7 Å². The molecule has 2 N–H and O–H groups in total. The van der Waals surface area contributed by atoms with Crippen LogP contribution in [0.5, 0.6) is 0 Å². The molecule has 0 spiro atoms. The van der Waals surface area contributed by atoms with E-state index in [1.54, 1.807) is 0 Å². The molecular weight excluding hydrogens is 342 g/mol. The van der Waals surface area contributed by atoms with Crippen molar-refractivity contribution in [3.05, 3.63) is 34.9 Å². The Morgan fingerprint density at radius 1 is 1.42 bits per heavy atom. The fourth-order valence-electron chi connectivity index (χ4n) is 3.09. The van der Waals surface area contributed by atoms with E-state index in [0.29, 0.717) is 25.6 Å². The number of amides is 1. The van der Waals surface area contributed by atoms with Gasteiger partial charge in [-0.05, 0) is 63.5 Å². The van der Waals surface area contributed by atoms with Crippen LogP contribution in [0.15, 0.2) is 24.3 Å². The van der Waals surface area contributed by atoms with Crippen LogP contribution >= 0.6 is 23.8 Å². The monoisotopic (exact) mass is 367 g/mol. The SMILES string of the molecule is C[C@H]1CC(C)(C)NC(=S)N1CCC(=O)NCCc1ccc(Cl)cc1. The molecule has 1 saturated heterocycles. The van der Waals surface area contributed by atoms with Crippen LogP contribution in [0.1, 0.15) is 39.2 Å². The number of halogens is 1. The lowest BCUT2D eigenvalue weighted by atomic mass is 9.93. The zero-order chi connectivity index (χ0) is 17.7. The van der Waals surface area contributed by atoms with E-state index in [2.05, 4.69) is 36.3 Å². The van der Waals surface area contributed by atoms with Crippen molar-refractivity contribution in [3.8, 4) is 0 Å². The van der Waals surface area contributed by atoms with Crippen molar-refractivity contribution in [3.63, 3.8) is 0 Å². The Kier molecular flexibility index (Phi) is 6.47. The lowest BCUT2D eigenvalue weighted by molar-refractivity contribution is -0.121. The first-order valence-corrected chi connectivity index (χ1v) is 9.15. The van der Waals surface area contributed by atoms with Crippen LogP contribution in [0.4, 0.5) is 0 Å². The zero-order valence-electron chi connectivity index (χ0n) is 14.6. The number of benzene rings is 1. The third kappa shape index (κ3) is 5.64. The van der Waals surface area contributed by atoms with Gasteiger partial charge in [0, 0.05) is 36.1 Å². The standard InChI is InChI=1S/C18H26ClN3OS/c1-13-12-18(2,3)21-17(24)22(13)11-9-16(23)20-10-8-14-4-6-15(19)7-5-14/h4-7,13H,8-12H2,1-3H3,(H,20,23)(H,21,24)/t13-/m0/s1. The van der Waals surface area contributed by atoms with Crippen molar-refractivity contribution in [2.24, 2.45) is 0 Å². The lowest BCUT2D eigenvalue weighted by Crippen LogP contribution is -2.60. The molecule has 0 radical (unpaired) electrons. The molecule has 1 fully saturated rings. The molecule has 24 heavy (non-hydrogen) atoms. The van der Waals surface area contributed by atoms with Crippen LogP contribution < -0.4 is 10.6 Å². The molecule has 1 aromatic rings. The lowest BCUT2D eigenvalue weighted by Gasteiger charge is -2.44. The highest BCUT2D eigenvalue weighted by molar-refractivity contribution is 7.80. The third-order valence-electron chi connectivity index (χ3n) is 4.27. The van der Waals surface area contributed by atoms with Crippen LogP contribution in [-0.4, -0.2) is 40.6 Å². The summed E-state index contributed by atoms with van der Waals surface area (Å²) in [5.41, 5.74) is 1.19. The van der Waals surface area contributed by atoms with E-state index in [-0.39, 0.29) is 11.4 Å². The number of carbonyl (C=O) groups excluding carboxylic acids is 1. The van der Waals surface area contributed by atoms with Gasteiger partial charge in [0.1, 0.15) is 0 Å². The van der Waals surface area contributed by atoms with E-state index < -0.39 is 0 Å². The van der Waals surface area contributed by atoms with Crippen LogP contribution in [0, 0.1) is 0 Å². The van der Waals surface area contributed by atoms with Gasteiger partial charge in [-0.25, -0.2) is 0 Å². The van der Waals surface area contributed by atoms with Gasteiger partial charge in [-0.3, -0.25) is 4.79 Å². The molecular formula is C18H26ClN3OS. The van der Waals surface area contributed by atoms with E-state index in [1.807, 2.05) is 24.3 Å². The Morgan fingerprint density at radius 2 is 2.08 bits per heavy atom. The highest BCUT2D eigenvalue weighted by Crippen LogP contribution is 2.22. The van der Waals surface area contributed by atoms with Gasteiger partial charge in [0.15, 0.2) is 5.11 Å². The Bertz CT molecular complexity index is 588. The highest BCUT2D eigenvalue weighted by atomic mass is 35.5. The summed E-state index contributed by atoms with van der Waals surface area (Å²) in [6, 6.07) is 8.04. The molecule has 0 aromatic heterocycles. The molecule has 0 saturated carbocycles. The molecule has 1 aliphatic rings. The van der Waals surface area contributed by atoms with Crippen molar-refractivity contribution in [2.75, 3.05) is 13.1 Å². The highest BCUT2D eigenvalue weighted by Gasteiger charge is 2.32. The molecule has 4 nitrogen and oxygen atoms in total. The van der Waals surface area contributed by atoms with Gasteiger partial charge in [0.2, 0.25) is 5.91 Å². The third-order valence-corrected chi connectivity index (χ3v) is 4.86. The van der Waals surface area contributed by atoms with Crippen LogP contribution in [0.25, 0.3) is 0 Å². The van der Waals surface area contributed by atoms with Gasteiger partial charge in [-0.2, -0.15) is 0 Å². The molecule has 1 aromatic carbocycles. The number of hydrogen-bond acceptors (Lipinski definition) is 2. The second kappa shape index (κ2) is 8.17. The summed E-state index contributed by atoms with van der Waals surface area (Å²) in [6.45, 7) is 7.74. The van der Waals surface area contributed by atoms with Gasteiger partial charge in [-0.15, -0.1) is 0 Å². The molecule has 1 heterocycles. The Hall–Kier alpha value is -1.33. The Labute approximate surface area is 154 Å². The maximum Gasteiger partial charge on any atom is 0.221 e. The minimum atomic E-state index is 0.0217. The van der Waals surface area contributed by atoms with Crippen molar-refractivity contribution >= 4 is 34.8 Å². The Morgan fingerprint density at radius 3 is 2.71 bits per heavy atom. The number of nitrogens with one attached hydrogen (secondary N) is 2. The van der Waals surface area contributed by atoms with Crippen LogP contribution in [0.3, 0.4) is 0 Å². The number of rotatable bonds is 6. The molecule has 0 bridgehead atoms. The second-order valence-electron chi connectivity index (χ2n) is 7.04. The Balaban J connectivity index is 1.71. The minimum absolute atomic E-state index is 0.0217. The number of hydrogen-bond donors (Lipinski definition) is 2. The number of carbonyl (C=O) groups is 1. The number of nitrogens with zero attached hydrogens (tertiary/aromatic N) is 1. The quantitative estimate of drug-likeness (QED) is 0.758. The topological polar surface area (TPSA) is 44.4 Å². The van der Waals surface area contributed by atoms with E-state index in [9.17, 15) is 4.79 Å². The molecule has 6 heteroatoms. The maximum absolute atomic E-state index is 12.0. The predicted molar refractivity (Wildman–Crippen MR) is 103 cm³/mol. The predicted octanol–water partition coefficient (Wildman–Crippen LogP) is 3.14. The summed E-state index contributed by atoms with van der Waals surface area (Å²) in [5.74, 6) is 0.0591. The van der Waals surface area contributed by atoms with E-state index in [1.165, 1.54) is 0 Å². The fourth-order valence-corrected chi connectivity index (χ4v) is 3.76. The largest absolute Gasteiger partial charge is 0.358 e. The average Bonchev–Trinajstić information content (AvgIpc) is 2.47. The van der Waals surface area contributed by atoms with E-state index in [4.69, 9.17) is 23.8 Å². The molecule has 0 unspecified atom stereocenters. The summed E-state index contributed by atoms with van der Waals surface area (Å²) < 4.78 is 0. The average molecular weight is 368 g/mol. The first kappa shape index (κ1) is 19.0. The molecule has 132 valence electrons. The summed E-state index contributed by atoms with van der Waals surface area (Å²) in [6.07, 6.45) is 2.26. The maximum atomic E-state index is 12.0. The molecule has 0 aliphatic carbocycles. The molecule has 1 amide bonds. The second-order valence-corrected chi connectivity index (χ2v) is 7.86. The van der Waals surface area contributed by atoms with Gasteiger partial charge >= 0.3 is 0 Å².